The molecule has 292 valence electrons. The minimum Gasteiger partial charge on any atom is -0.481 e. The Morgan fingerprint density at radius 1 is 0.585 bits per heavy atom. The number of rotatable bonds is 24. The van der Waals surface area contributed by atoms with Crippen molar-refractivity contribution in [3.05, 3.63) is 35.9 Å². The van der Waals surface area contributed by atoms with Crippen LogP contribution in [-0.2, 0) is 54.4 Å². The van der Waals surface area contributed by atoms with E-state index in [-0.39, 0.29) is 31.6 Å². The molecule has 6 amide bonds. The quantitative estimate of drug-likeness (QED) is 0.0495. The molecule has 0 spiro atoms. The summed E-state index contributed by atoms with van der Waals surface area (Å²) in [6, 6.07) is -1.80. The fourth-order valence-electron chi connectivity index (χ4n) is 4.70. The summed E-state index contributed by atoms with van der Waals surface area (Å²) in [5.74, 6) is -13.2. The fourth-order valence-corrected chi connectivity index (χ4v) is 4.70. The molecule has 0 aliphatic heterocycles. The molecule has 0 bridgehead atoms. The minimum atomic E-state index is -1.99. The molecule has 13 N–H and O–H groups in total. The van der Waals surface area contributed by atoms with Gasteiger partial charge in [0.25, 0.3) is 0 Å². The molecule has 0 heterocycles. The third-order valence-corrected chi connectivity index (χ3v) is 7.31. The van der Waals surface area contributed by atoms with E-state index in [9.17, 15) is 63.3 Å². The molecule has 0 fully saturated rings. The van der Waals surface area contributed by atoms with Crippen LogP contribution in [0.1, 0.15) is 57.9 Å². The van der Waals surface area contributed by atoms with Crippen molar-refractivity contribution in [2.45, 2.75) is 95.0 Å². The third kappa shape index (κ3) is 17.6. The van der Waals surface area contributed by atoms with E-state index in [0.717, 1.165) is 0 Å². The van der Waals surface area contributed by atoms with Gasteiger partial charge in [-0.25, -0.2) is 4.79 Å². The molecular formula is C32H45N7O14. The summed E-state index contributed by atoms with van der Waals surface area (Å²) in [5, 5.41) is 48.0. The molecule has 0 aromatic heterocycles. The fraction of sp³-hybridized carbons (Fsp3) is 0.500. The van der Waals surface area contributed by atoms with Crippen LogP contribution in [0.3, 0.4) is 0 Å². The van der Waals surface area contributed by atoms with E-state index in [2.05, 4.69) is 21.3 Å². The second kappa shape index (κ2) is 22.0. The molecular weight excluding hydrogens is 706 g/mol. The van der Waals surface area contributed by atoms with Crippen molar-refractivity contribution < 1.29 is 68.4 Å². The van der Waals surface area contributed by atoms with Crippen LogP contribution in [-0.4, -0.2) is 116 Å². The van der Waals surface area contributed by atoms with E-state index in [1.165, 1.54) is 0 Å². The highest BCUT2D eigenvalue weighted by Crippen LogP contribution is 2.10. The number of hydrogen-bond acceptors (Lipinski definition) is 11. The standard InChI is InChI=1S/C32H45N7O14/c1-15(2)10-18(28(48)37-21(13-25(43)44)31(51)39-22(32(52)53)14-26(45)46)36-30(50)20(12-24(41)42)38-29(49)19(11-16-6-4-3-5-7-16)35-27(47)17(33)8-9-23(34)40/h3-7,15,17-22H,8-14,33H2,1-2H3,(H2,34,40)(H,35,47)(H,36,50)(H,37,48)(H,38,49)(H,39,51)(H,41,42)(H,43,44)(H,45,46)(H,52,53)/t17-,18-,19-,20-,21-,22-/m0/s1. The number of amides is 6. The van der Waals surface area contributed by atoms with E-state index in [0.29, 0.717) is 5.56 Å². The summed E-state index contributed by atoms with van der Waals surface area (Å²) in [5.41, 5.74) is 11.5. The van der Waals surface area contributed by atoms with Crippen LogP contribution in [0.2, 0.25) is 0 Å². The Kier molecular flexibility index (Phi) is 18.6. The molecule has 0 radical (unpaired) electrons. The molecule has 0 saturated carbocycles. The molecule has 21 nitrogen and oxygen atoms in total. The second-order valence-electron chi connectivity index (χ2n) is 12.4. The summed E-state index contributed by atoms with van der Waals surface area (Å²) >= 11 is 0. The van der Waals surface area contributed by atoms with Gasteiger partial charge in [0.05, 0.1) is 25.3 Å². The molecule has 1 rings (SSSR count). The third-order valence-electron chi connectivity index (χ3n) is 7.31. The van der Waals surface area contributed by atoms with E-state index >= 15 is 0 Å². The molecule has 1 aromatic rings. The predicted octanol–water partition coefficient (Wildman–Crippen LogP) is -3.20. The van der Waals surface area contributed by atoms with Crippen LogP contribution in [0.25, 0.3) is 0 Å². The number of carboxylic acid groups (broad SMARTS) is 4. The average Bonchev–Trinajstić information content (AvgIpc) is 3.04. The van der Waals surface area contributed by atoms with Gasteiger partial charge in [-0.3, -0.25) is 43.2 Å². The Morgan fingerprint density at radius 3 is 1.42 bits per heavy atom. The van der Waals surface area contributed by atoms with Gasteiger partial charge in [0.2, 0.25) is 35.4 Å². The molecule has 1 aromatic carbocycles. The first-order valence-electron chi connectivity index (χ1n) is 16.2. The highest BCUT2D eigenvalue weighted by molar-refractivity contribution is 5.98. The average molecular weight is 752 g/mol. The highest BCUT2D eigenvalue weighted by atomic mass is 16.4. The summed E-state index contributed by atoms with van der Waals surface area (Å²) in [6.45, 7) is 3.25. The van der Waals surface area contributed by atoms with Gasteiger partial charge < -0.3 is 58.5 Å². The lowest BCUT2D eigenvalue weighted by Crippen LogP contribution is -2.60. The van der Waals surface area contributed by atoms with E-state index < -0.39 is 115 Å². The topological polar surface area (TPSA) is 364 Å². The zero-order valence-electron chi connectivity index (χ0n) is 28.9. The van der Waals surface area contributed by atoms with Gasteiger partial charge in [0.1, 0.15) is 30.2 Å². The van der Waals surface area contributed by atoms with Gasteiger partial charge in [-0.15, -0.1) is 0 Å². The molecule has 0 saturated heterocycles. The normalized spacial score (nSPS) is 14.2. The van der Waals surface area contributed by atoms with Crippen molar-refractivity contribution in [3.63, 3.8) is 0 Å². The number of benzene rings is 1. The van der Waals surface area contributed by atoms with Gasteiger partial charge in [0, 0.05) is 12.8 Å². The lowest BCUT2D eigenvalue weighted by atomic mass is 10.0. The van der Waals surface area contributed by atoms with Crippen molar-refractivity contribution in [3.8, 4) is 0 Å². The summed E-state index contributed by atoms with van der Waals surface area (Å²) < 4.78 is 0. The lowest BCUT2D eigenvalue weighted by molar-refractivity contribution is -0.148. The Hall–Kier alpha value is -6.12. The van der Waals surface area contributed by atoms with Crippen molar-refractivity contribution in [2.24, 2.45) is 17.4 Å². The molecule has 21 heteroatoms. The SMILES string of the molecule is CC(C)C[C@H](NC(=O)[C@H](CC(=O)O)NC(=O)[C@H](Cc1ccccc1)NC(=O)[C@@H](N)CCC(N)=O)C(=O)N[C@@H](CC(=O)O)C(=O)N[C@@H](CC(=O)O)C(=O)O. The largest absolute Gasteiger partial charge is 0.481 e. The second-order valence-corrected chi connectivity index (χ2v) is 12.4. The summed E-state index contributed by atoms with van der Waals surface area (Å²) in [6.07, 6.45) is -3.87. The first-order valence-corrected chi connectivity index (χ1v) is 16.2. The maximum atomic E-state index is 13.5. The van der Waals surface area contributed by atoms with Crippen molar-refractivity contribution >= 4 is 59.3 Å². The number of nitrogens with one attached hydrogen (secondary N) is 5. The highest BCUT2D eigenvalue weighted by Gasteiger charge is 2.35. The van der Waals surface area contributed by atoms with Gasteiger partial charge in [-0.1, -0.05) is 44.2 Å². The van der Waals surface area contributed by atoms with Crippen LogP contribution < -0.4 is 38.1 Å². The number of nitrogens with two attached hydrogens (primary N) is 2. The minimum absolute atomic E-state index is 0.150. The number of aliphatic carboxylic acids is 4. The Balaban J connectivity index is 3.32. The first-order chi connectivity index (χ1) is 24.7. The van der Waals surface area contributed by atoms with Gasteiger partial charge in [-0.2, -0.15) is 0 Å². The Morgan fingerprint density at radius 2 is 0.981 bits per heavy atom. The zero-order chi connectivity index (χ0) is 40.4. The van der Waals surface area contributed by atoms with Crippen LogP contribution in [0.5, 0.6) is 0 Å². The summed E-state index contributed by atoms with van der Waals surface area (Å²) in [4.78, 5) is 123. The van der Waals surface area contributed by atoms with Crippen LogP contribution in [0.4, 0.5) is 0 Å². The number of carbonyl (C=O) groups excluding carboxylic acids is 6. The molecule has 6 atom stereocenters. The maximum absolute atomic E-state index is 13.5. The number of carboxylic acids is 4. The van der Waals surface area contributed by atoms with Gasteiger partial charge in [-0.05, 0) is 24.3 Å². The molecule has 0 aliphatic carbocycles. The number of hydrogen-bond donors (Lipinski definition) is 11. The lowest BCUT2D eigenvalue weighted by Gasteiger charge is -2.27. The molecule has 53 heavy (non-hydrogen) atoms. The van der Waals surface area contributed by atoms with Crippen LogP contribution in [0.15, 0.2) is 30.3 Å². The monoisotopic (exact) mass is 751 g/mol. The number of carbonyl (C=O) groups is 10. The summed E-state index contributed by atoms with van der Waals surface area (Å²) in [7, 11) is 0. The Bertz CT molecular complexity index is 1520. The van der Waals surface area contributed by atoms with Crippen molar-refractivity contribution in [1.29, 1.82) is 0 Å². The molecule has 0 aliphatic rings. The van der Waals surface area contributed by atoms with E-state index in [1.54, 1.807) is 44.2 Å². The Labute approximate surface area is 302 Å². The smallest absolute Gasteiger partial charge is 0.326 e. The van der Waals surface area contributed by atoms with Crippen LogP contribution in [0, 0.1) is 5.92 Å². The van der Waals surface area contributed by atoms with Crippen molar-refractivity contribution in [1.82, 2.24) is 26.6 Å². The zero-order valence-corrected chi connectivity index (χ0v) is 28.9. The molecule has 0 unspecified atom stereocenters. The van der Waals surface area contributed by atoms with Crippen LogP contribution >= 0.6 is 0 Å². The van der Waals surface area contributed by atoms with E-state index in [4.69, 9.17) is 16.6 Å². The van der Waals surface area contributed by atoms with Crippen molar-refractivity contribution in [2.75, 3.05) is 0 Å². The maximum Gasteiger partial charge on any atom is 0.326 e. The number of primary amides is 1. The van der Waals surface area contributed by atoms with Gasteiger partial charge >= 0.3 is 23.9 Å². The van der Waals surface area contributed by atoms with Gasteiger partial charge in [0.15, 0.2) is 0 Å². The first kappa shape index (κ1) is 44.9. The van der Waals surface area contributed by atoms with E-state index in [1.807, 2.05) is 5.32 Å². The predicted molar refractivity (Wildman–Crippen MR) is 180 cm³/mol.